The number of hydrogen-bond acceptors (Lipinski definition) is 4. The molecule has 0 saturated heterocycles. The van der Waals surface area contributed by atoms with Crippen LogP contribution in [0, 0.1) is 0 Å². The molecule has 1 atom stereocenters. The van der Waals surface area contributed by atoms with E-state index < -0.39 is 0 Å². The van der Waals surface area contributed by atoms with E-state index in [1.807, 2.05) is 30.0 Å². The van der Waals surface area contributed by atoms with Gasteiger partial charge in [-0.3, -0.25) is 0 Å². The third kappa shape index (κ3) is 4.62. The second-order valence-corrected chi connectivity index (χ2v) is 5.56. The standard InChI is InChI=1S/C15H25NO2S/c1-5-10-16-12(11-19-6-2)15-13(17-3)8-7-9-14(15)18-4/h7-9,12,16H,5-6,10-11H2,1-4H3. The van der Waals surface area contributed by atoms with E-state index in [1.165, 1.54) is 0 Å². The van der Waals surface area contributed by atoms with E-state index in [0.29, 0.717) is 0 Å². The van der Waals surface area contributed by atoms with Crippen LogP contribution in [0.25, 0.3) is 0 Å². The highest BCUT2D eigenvalue weighted by molar-refractivity contribution is 7.99. The molecule has 19 heavy (non-hydrogen) atoms. The molecular weight excluding hydrogens is 258 g/mol. The summed E-state index contributed by atoms with van der Waals surface area (Å²) in [5.74, 6) is 3.92. The smallest absolute Gasteiger partial charge is 0.127 e. The van der Waals surface area contributed by atoms with Crippen molar-refractivity contribution in [2.75, 3.05) is 32.3 Å². The summed E-state index contributed by atoms with van der Waals surface area (Å²) in [6, 6.07) is 6.21. The minimum absolute atomic E-state index is 0.260. The molecule has 0 fully saturated rings. The molecule has 1 aromatic carbocycles. The van der Waals surface area contributed by atoms with E-state index in [1.54, 1.807) is 14.2 Å². The van der Waals surface area contributed by atoms with Gasteiger partial charge in [-0.1, -0.05) is 19.9 Å². The molecule has 0 saturated carbocycles. The van der Waals surface area contributed by atoms with E-state index >= 15 is 0 Å². The first-order chi connectivity index (χ1) is 9.28. The van der Waals surface area contributed by atoms with E-state index in [-0.39, 0.29) is 6.04 Å². The van der Waals surface area contributed by atoms with Crippen molar-refractivity contribution in [3.05, 3.63) is 23.8 Å². The van der Waals surface area contributed by atoms with Crippen LogP contribution in [-0.4, -0.2) is 32.3 Å². The second kappa shape index (κ2) is 9.10. The molecule has 0 bridgehead atoms. The summed E-state index contributed by atoms with van der Waals surface area (Å²) in [6.45, 7) is 5.35. The van der Waals surface area contributed by atoms with Crippen LogP contribution in [0.15, 0.2) is 18.2 Å². The van der Waals surface area contributed by atoms with Gasteiger partial charge < -0.3 is 14.8 Å². The number of rotatable bonds is 9. The number of benzene rings is 1. The highest BCUT2D eigenvalue weighted by Crippen LogP contribution is 2.35. The predicted molar refractivity (Wildman–Crippen MR) is 83.6 cm³/mol. The Kier molecular flexibility index (Phi) is 7.75. The molecule has 4 heteroatoms. The van der Waals surface area contributed by atoms with Gasteiger partial charge in [0.15, 0.2) is 0 Å². The van der Waals surface area contributed by atoms with Crippen LogP contribution in [-0.2, 0) is 0 Å². The number of methoxy groups -OCH3 is 2. The van der Waals surface area contributed by atoms with Gasteiger partial charge in [-0.2, -0.15) is 11.8 Å². The van der Waals surface area contributed by atoms with Gasteiger partial charge in [-0.15, -0.1) is 0 Å². The summed E-state index contributed by atoms with van der Waals surface area (Å²) < 4.78 is 11.0. The lowest BCUT2D eigenvalue weighted by molar-refractivity contribution is 0.374. The van der Waals surface area contributed by atoms with Crippen molar-refractivity contribution in [1.29, 1.82) is 0 Å². The molecule has 0 radical (unpaired) electrons. The van der Waals surface area contributed by atoms with Crippen molar-refractivity contribution >= 4 is 11.8 Å². The van der Waals surface area contributed by atoms with E-state index in [0.717, 1.165) is 41.5 Å². The SMILES string of the molecule is CCCNC(CSCC)c1c(OC)cccc1OC. The van der Waals surface area contributed by atoms with E-state index in [2.05, 4.69) is 19.2 Å². The zero-order valence-corrected chi connectivity index (χ0v) is 13.2. The molecule has 1 unspecified atom stereocenters. The molecule has 3 nitrogen and oxygen atoms in total. The second-order valence-electron chi connectivity index (χ2n) is 4.24. The van der Waals surface area contributed by atoms with Crippen LogP contribution < -0.4 is 14.8 Å². The third-order valence-electron chi connectivity index (χ3n) is 2.94. The van der Waals surface area contributed by atoms with Crippen molar-refractivity contribution in [2.24, 2.45) is 0 Å². The van der Waals surface area contributed by atoms with Gasteiger partial charge in [0.2, 0.25) is 0 Å². The number of ether oxygens (including phenoxy) is 2. The van der Waals surface area contributed by atoms with Gasteiger partial charge in [0.25, 0.3) is 0 Å². The topological polar surface area (TPSA) is 30.5 Å². The summed E-state index contributed by atoms with van der Waals surface area (Å²) in [6.07, 6.45) is 1.12. The van der Waals surface area contributed by atoms with Gasteiger partial charge in [-0.05, 0) is 30.9 Å². The average molecular weight is 283 g/mol. The average Bonchev–Trinajstić information content (AvgIpc) is 2.46. The normalized spacial score (nSPS) is 12.2. The lowest BCUT2D eigenvalue weighted by Crippen LogP contribution is -2.25. The first-order valence-electron chi connectivity index (χ1n) is 6.80. The largest absolute Gasteiger partial charge is 0.496 e. The lowest BCUT2D eigenvalue weighted by atomic mass is 10.1. The van der Waals surface area contributed by atoms with Crippen LogP contribution >= 0.6 is 11.8 Å². The zero-order valence-electron chi connectivity index (χ0n) is 12.4. The molecule has 0 aromatic heterocycles. The van der Waals surface area contributed by atoms with Gasteiger partial charge in [0, 0.05) is 11.8 Å². The van der Waals surface area contributed by atoms with Crippen molar-refractivity contribution in [1.82, 2.24) is 5.32 Å². The van der Waals surface area contributed by atoms with Crippen molar-refractivity contribution in [3.8, 4) is 11.5 Å². The minimum Gasteiger partial charge on any atom is -0.496 e. The highest BCUT2D eigenvalue weighted by Gasteiger charge is 2.20. The molecule has 1 rings (SSSR count). The van der Waals surface area contributed by atoms with E-state index in [4.69, 9.17) is 9.47 Å². The molecule has 0 heterocycles. The zero-order chi connectivity index (χ0) is 14.1. The lowest BCUT2D eigenvalue weighted by Gasteiger charge is -2.23. The number of thioether (sulfide) groups is 1. The van der Waals surface area contributed by atoms with Crippen LogP contribution in [0.2, 0.25) is 0 Å². The first-order valence-corrected chi connectivity index (χ1v) is 7.95. The Morgan fingerprint density at radius 3 is 2.26 bits per heavy atom. The quantitative estimate of drug-likeness (QED) is 0.751. The molecule has 0 spiro atoms. The Morgan fingerprint density at radius 1 is 1.16 bits per heavy atom. The van der Waals surface area contributed by atoms with Gasteiger partial charge in [0.1, 0.15) is 11.5 Å². The third-order valence-corrected chi connectivity index (χ3v) is 3.92. The number of nitrogens with one attached hydrogen (secondary N) is 1. The monoisotopic (exact) mass is 283 g/mol. The summed E-state index contributed by atoms with van der Waals surface area (Å²) >= 11 is 1.93. The Balaban J connectivity index is 3.03. The predicted octanol–water partition coefficient (Wildman–Crippen LogP) is 3.50. The first kappa shape index (κ1) is 16.2. The van der Waals surface area contributed by atoms with Crippen LogP contribution in [0.3, 0.4) is 0 Å². The van der Waals surface area contributed by atoms with Crippen molar-refractivity contribution < 1.29 is 9.47 Å². The molecule has 0 amide bonds. The van der Waals surface area contributed by atoms with E-state index in [9.17, 15) is 0 Å². The maximum atomic E-state index is 5.50. The summed E-state index contributed by atoms with van der Waals surface area (Å²) in [5, 5.41) is 3.59. The minimum atomic E-state index is 0.260. The molecule has 1 N–H and O–H groups in total. The fraction of sp³-hybridized carbons (Fsp3) is 0.600. The van der Waals surface area contributed by atoms with Crippen molar-refractivity contribution in [2.45, 2.75) is 26.3 Å². The Labute approximate surface area is 121 Å². The summed E-state index contributed by atoms with van der Waals surface area (Å²) in [4.78, 5) is 0. The van der Waals surface area contributed by atoms with Crippen LogP contribution in [0.5, 0.6) is 11.5 Å². The fourth-order valence-corrected chi connectivity index (χ4v) is 2.78. The molecule has 108 valence electrons. The molecule has 0 aliphatic heterocycles. The van der Waals surface area contributed by atoms with Crippen LogP contribution in [0.1, 0.15) is 31.9 Å². The molecule has 0 aliphatic rings. The van der Waals surface area contributed by atoms with Gasteiger partial charge >= 0.3 is 0 Å². The molecule has 0 aliphatic carbocycles. The molecule has 1 aromatic rings. The van der Waals surface area contributed by atoms with Crippen molar-refractivity contribution in [3.63, 3.8) is 0 Å². The number of hydrogen-bond donors (Lipinski definition) is 1. The maximum absolute atomic E-state index is 5.50. The summed E-state index contributed by atoms with van der Waals surface area (Å²) in [7, 11) is 3.42. The van der Waals surface area contributed by atoms with Gasteiger partial charge in [-0.25, -0.2) is 0 Å². The molecular formula is C15H25NO2S. The van der Waals surface area contributed by atoms with Crippen LogP contribution in [0.4, 0.5) is 0 Å². The Hall–Kier alpha value is -0.870. The van der Waals surface area contributed by atoms with Gasteiger partial charge in [0.05, 0.1) is 19.8 Å². The highest BCUT2D eigenvalue weighted by atomic mass is 32.2. The fourth-order valence-electron chi connectivity index (χ4n) is 2.02. The Bertz CT molecular complexity index is 341. The maximum Gasteiger partial charge on any atom is 0.127 e. The summed E-state index contributed by atoms with van der Waals surface area (Å²) in [5.41, 5.74) is 1.13. The Morgan fingerprint density at radius 2 is 1.79 bits per heavy atom.